The van der Waals surface area contributed by atoms with Gasteiger partial charge in [-0.3, -0.25) is 4.79 Å². The largest absolute Gasteiger partial charge is 0.338 e. The Kier molecular flexibility index (Phi) is 5.96. The van der Waals surface area contributed by atoms with Gasteiger partial charge in [-0.2, -0.15) is 0 Å². The van der Waals surface area contributed by atoms with E-state index in [0.717, 1.165) is 5.56 Å². The first-order valence-corrected chi connectivity index (χ1v) is 10.5. The Bertz CT molecular complexity index is 854. The first-order valence-electron chi connectivity index (χ1n) is 8.45. The van der Waals surface area contributed by atoms with Crippen LogP contribution in [0, 0.1) is 5.92 Å². The molecule has 0 saturated carbocycles. The number of hydrogen-bond acceptors (Lipinski definition) is 3. The number of carbonyl (C=O) groups excluding carboxylic acids is 1. The summed E-state index contributed by atoms with van der Waals surface area (Å²) in [7, 11) is -3.45. The number of sulfonamides is 1. The Hall–Kier alpha value is -1.89. The molecule has 0 spiro atoms. The van der Waals surface area contributed by atoms with E-state index in [1.54, 1.807) is 29.2 Å². The molecular formula is C19H21ClN2O3S. The first kappa shape index (κ1) is 18.9. The molecule has 0 radical (unpaired) electrons. The number of benzene rings is 2. The van der Waals surface area contributed by atoms with Crippen molar-refractivity contribution in [1.29, 1.82) is 0 Å². The predicted molar refractivity (Wildman–Crippen MR) is 102 cm³/mol. The van der Waals surface area contributed by atoms with E-state index in [0.29, 0.717) is 30.1 Å². The van der Waals surface area contributed by atoms with E-state index >= 15 is 0 Å². The van der Waals surface area contributed by atoms with Gasteiger partial charge in [0, 0.05) is 31.1 Å². The van der Waals surface area contributed by atoms with Gasteiger partial charge < -0.3 is 4.90 Å². The lowest BCUT2D eigenvalue weighted by Crippen LogP contribution is -2.32. The standard InChI is InChI=1S/C19H21ClN2O3S/c20-18-8-6-16(7-9-18)14-26(24,25)21-11-17-10-19(23)22(13-17)12-15-4-2-1-3-5-15/h1-9,17,21H,10-14H2. The van der Waals surface area contributed by atoms with Gasteiger partial charge in [-0.05, 0) is 29.2 Å². The van der Waals surface area contributed by atoms with Crippen LogP contribution >= 0.6 is 11.6 Å². The minimum atomic E-state index is -3.45. The molecule has 7 heteroatoms. The summed E-state index contributed by atoms with van der Waals surface area (Å²) < 4.78 is 27.1. The zero-order chi connectivity index (χ0) is 18.6. The Morgan fingerprint density at radius 3 is 2.42 bits per heavy atom. The van der Waals surface area contributed by atoms with Crippen LogP contribution in [0.3, 0.4) is 0 Å². The molecule has 5 nitrogen and oxygen atoms in total. The second-order valence-corrected chi connectivity index (χ2v) is 8.81. The highest BCUT2D eigenvalue weighted by Gasteiger charge is 2.30. The minimum Gasteiger partial charge on any atom is -0.338 e. The van der Waals surface area contributed by atoms with Crippen molar-refractivity contribution in [3.63, 3.8) is 0 Å². The fourth-order valence-electron chi connectivity index (χ4n) is 3.04. The Labute approximate surface area is 159 Å². The number of rotatable bonds is 7. The second kappa shape index (κ2) is 8.20. The molecule has 1 N–H and O–H groups in total. The van der Waals surface area contributed by atoms with Gasteiger partial charge in [0.2, 0.25) is 15.9 Å². The number of likely N-dealkylation sites (tertiary alicyclic amines) is 1. The zero-order valence-corrected chi connectivity index (χ0v) is 15.8. The zero-order valence-electron chi connectivity index (χ0n) is 14.3. The van der Waals surface area contributed by atoms with Crippen molar-refractivity contribution in [2.75, 3.05) is 13.1 Å². The first-order chi connectivity index (χ1) is 12.4. The van der Waals surface area contributed by atoms with Crippen molar-refractivity contribution in [2.45, 2.75) is 18.7 Å². The molecule has 2 aromatic rings. The summed E-state index contributed by atoms with van der Waals surface area (Å²) in [5.74, 6) is -0.0413. The third-order valence-electron chi connectivity index (χ3n) is 4.37. The molecule has 3 rings (SSSR count). The molecule has 1 fully saturated rings. The van der Waals surface area contributed by atoms with Crippen LogP contribution in [-0.2, 0) is 27.1 Å². The molecule has 0 aromatic heterocycles. The van der Waals surface area contributed by atoms with Crippen LogP contribution in [0.5, 0.6) is 0 Å². The molecule has 1 heterocycles. The van der Waals surface area contributed by atoms with Gasteiger partial charge in [0.1, 0.15) is 0 Å². The highest BCUT2D eigenvalue weighted by Crippen LogP contribution is 2.20. The van der Waals surface area contributed by atoms with Gasteiger partial charge in [0.05, 0.1) is 5.75 Å². The molecule has 1 aliphatic heterocycles. The summed E-state index contributed by atoms with van der Waals surface area (Å²) in [5, 5.41) is 0.571. The second-order valence-electron chi connectivity index (χ2n) is 6.56. The quantitative estimate of drug-likeness (QED) is 0.787. The SMILES string of the molecule is O=C1CC(CNS(=O)(=O)Cc2ccc(Cl)cc2)CN1Cc1ccccc1. The minimum absolute atomic E-state index is 0.00814. The highest BCUT2D eigenvalue weighted by molar-refractivity contribution is 7.88. The smallest absolute Gasteiger partial charge is 0.223 e. The van der Waals surface area contributed by atoms with Gasteiger partial charge in [-0.15, -0.1) is 0 Å². The van der Waals surface area contributed by atoms with E-state index < -0.39 is 10.0 Å². The number of hydrogen-bond donors (Lipinski definition) is 1. The molecule has 0 bridgehead atoms. The number of amides is 1. The van der Waals surface area contributed by atoms with Crippen molar-refractivity contribution >= 4 is 27.5 Å². The van der Waals surface area contributed by atoms with Crippen LogP contribution < -0.4 is 4.72 Å². The molecule has 2 aromatic carbocycles. The van der Waals surface area contributed by atoms with Gasteiger partial charge in [0.25, 0.3) is 0 Å². The molecular weight excluding hydrogens is 372 g/mol. The van der Waals surface area contributed by atoms with Crippen molar-refractivity contribution in [3.8, 4) is 0 Å². The molecule has 26 heavy (non-hydrogen) atoms. The molecule has 1 atom stereocenters. The highest BCUT2D eigenvalue weighted by atomic mass is 35.5. The van der Waals surface area contributed by atoms with Crippen LogP contribution in [0.2, 0.25) is 5.02 Å². The molecule has 0 aliphatic carbocycles. The Balaban J connectivity index is 1.51. The van der Waals surface area contributed by atoms with Crippen molar-refractivity contribution in [3.05, 3.63) is 70.7 Å². The van der Waals surface area contributed by atoms with Crippen LogP contribution in [0.15, 0.2) is 54.6 Å². The average Bonchev–Trinajstić information content (AvgIpc) is 2.96. The third kappa shape index (κ3) is 5.30. The fourth-order valence-corrected chi connectivity index (χ4v) is 4.39. The molecule has 1 saturated heterocycles. The van der Waals surface area contributed by atoms with E-state index in [9.17, 15) is 13.2 Å². The van der Waals surface area contributed by atoms with Crippen LogP contribution in [0.1, 0.15) is 17.5 Å². The average molecular weight is 393 g/mol. The van der Waals surface area contributed by atoms with Gasteiger partial charge in [-0.25, -0.2) is 13.1 Å². The summed E-state index contributed by atoms with van der Waals surface area (Å²) in [5.41, 5.74) is 1.75. The number of nitrogens with one attached hydrogen (secondary N) is 1. The van der Waals surface area contributed by atoms with E-state index in [-0.39, 0.29) is 24.1 Å². The maximum atomic E-state index is 12.3. The lowest BCUT2D eigenvalue weighted by molar-refractivity contribution is -0.128. The van der Waals surface area contributed by atoms with Crippen LogP contribution in [0.4, 0.5) is 0 Å². The summed E-state index contributed by atoms with van der Waals surface area (Å²) in [6, 6.07) is 16.5. The summed E-state index contributed by atoms with van der Waals surface area (Å²) in [4.78, 5) is 14.0. The maximum absolute atomic E-state index is 12.3. The monoisotopic (exact) mass is 392 g/mol. The normalized spacial score (nSPS) is 17.7. The maximum Gasteiger partial charge on any atom is 0.223 e. The fraction of sp³-hybridized carbons (Fsp3) is 0.316. The van der Waals surface area contributed by atoms with Crippen LogP contribution in [0.25, 0.3) is 0 Å². The van der Waals surface area contributed by atoms with E-state index in [1.165, 1.54) is 0 Å². The lowest BCUT2D eigenvalue weighted by Gasteiger charge is -2.17. The van der Waals surface area contributed by atoms with Crippen molar-refractivity contribution in [2.24, 2.45) is 5.92 Å². The summed E-state index contributed by atoms with van der Waals surface area (Å²) in [6.45, 7) is 1.40. The Morgan fingerprint density at radius 2 is 1.73 bits per heavy atom. The Morgan fingerprint density at radius 1 is 1.04 bits per heavy atom. The summed E-state index contributed by atoms with van der Waals surface area (Å²) >= 11 is 5.81. The molecule has 138 valence electrons. The molecule has 1 aliphatic rings. The summed E-state index contributed by atoms with van der Waals surface area (Å²) in [6.07, 6.45) is 0.371. The van der Waals surface area contributed by atoms with Gasteiger partial charge in [-0.1, -0.05) is 54.1 Å². The van der Waals surface area contributed by atoms with E-state index in [4.69, 9.17) is 11.6 Å². The number of carbonyl (C=O) groups is 1. The van der Waals surface area contributed by atoms with Crippen LogP contribution in [-0.4, -0.2) is 32.3 Å². The predicted octanol–water partition coefficient (Wildman–Crippen LogP) is 2.81. The number of nitrogens with zero attached hydrogens (tertiary/aromatic N) is 1. The molecule has 1 unspecified atom stereocenters. The lowest BCUT2D eigenvalue weighted by atomic mass is 10.1. The van der Waals surface area contributed by atoms with E-state index in [1.807, 2.05) is 30.3 Å². The van der Waals surface area contributed by atoms with Crippen molar-refractivity contribution < 1.29 is 13.2 Å². The van der Waals surface area contributed by atoms with Gasteiger partial charge in [0.15, 0.2) is 0 Å². The van der Waals surface area contributed by atoms with Crippen molar-refractivity contribution in [1.82, 2.24) is 9.62 Å². The van der Waals surface area contributed by atoms with E-state index in [2.05, 4.69) is 4.72 Å². The number of halogens is 1. The topological polar surface area (TPSA) is 66.5 Å². The van der Waals surface area contributed by atoms with Gasteiger partial charge >= 0.3 is 0 Å². The molecule has 1 amide bonds. The third-order valence-corrected chi connectivity index (χ3v) is 5.94.